The first-order valence-electron chi connectivity index (χ1n) is 14.5. The molecule has 1 N–H and O–H groups in total. The van der Waals surface area contributed by atoms with Crippen molar-refractivity contribution >= 4 is 27.6 Å². The van der Waals surface area contributed by atoms with E-state index in [-0.39, 0.29) is 29.8 Å². The van der Waals surface area contributed by atoms with E-state index in [2.05, 4.69) is 10.3 Å². The van der Waals surface area contributed by atoms with Gasteiger partial charge in [-0.3, -0.25) is 18.9 Å². The Morgan fingerprint density at radius 1 is 0.935 bits per heavy atom. The Balaban J connectivity index is 1.32. The number of anilines is 1. The van der Waals surface area contributed by atoms with Gasteiger partial charge in [-0.15, -0.1) is 0 Å². The standard InChI is InChI=1S/C34H32F3N3O5S/c1-33(2,3)45-31(41)19-27-14-11-22(20-38-27)21-39-32(42)30-18-25-7-4-5-10-29(25)40(30)46(43,44)28-15-12-23(13-16-28)24-8-6-9-26(17-24)34(35,36)37/h4-17,20,30H,18-19,21H2,1-3H3,(H,39,42)/t30-/m0/s1. The average Bonchev–Trinajstić information content (AvgIpc) is 3.40. The lowest BCUT2D eigenvalue weighted by molar-refractivity contribution is -0.154. The number of fused-ring (bicyclic) bond motifs is 1. The molecule has 1 amide bonds. The van der Waals surface area contributed by atoms with Gasteiger partial charge in [0.2, 0.25) is 5.91 Å². The number of hydrogen-bond acceptors (Lipinski definition) is 6. The van der Waals surface area contributed by atoms with Gasteiger partial charge in [-0.25, -0.2) is 8.42 Å². The Hall–Kier alpha value is -4.71. The van der Waals surface area contributed by atoms with E-state index < -0.39 is 45.3 Å². The molecule has 4 aromatic rings. The third-order valence-corrected chi connectivity index (χ3v) is 9.10. The van der Waals surface area contributed by atoms with Crippen LogP contribution in [0.1, 0.15) is 43.2 Å². The van der Waals surface area contributed by atoms with E-state index in [4.69, 9.17) is 4.74 Å². The lowest BCUT2D eigenvalue weighted by Crippen LogP contribution is -2.47. The van der Waals surface area contributed by atoms with Crippen molar-refractivity contribution in [3.8, 4) is 11.1 Å². The zero-order valence-corrected chi connectivity index (χ0v) is 26.2. The van der Waals surface area contributed by atoms with Crippen LogP contribution in [0.3, 0.4) is 0 Å². The van der Waals surface area contributed by atoms with Gasteiger partial charge in [0, 0.05) is 19.2 Å². The number of carbonyl (C=O) groups is 2. The fraction of sp³-hybridized carbons (Fsp3) is 0.265. The van der Waals surface area contributed by atoms with Crippen molar-refractivity contribution in [3.05, 3.63) is 114 Å². The monoisotopic (exact) mass is 651 g/mol. The fourth-order valence-electron chi connectivity index (χ4n) is 5.16. The third-order valence-electron chi connectivity index (χ3n) is 7.26. The lowest BCUT2D eigenvalue weighted by Gasteiger charge is -2.26. The molecule has 1 aromatic heterocycles. The van der Waals surface area contributed by atoms with Gasteiger partial charge in [0.05, 0.1) is 28.3 Å². The summed E-state index contributed by atoms with van der Waals surface area (Å²) in [7, 11) is -4.25. The molecule has 1 aliphatic rings. The molecule has 0 aliphatic carbocycles. The summed E-state index contributed by atoms with van der Waals surface area (Å²) in [5.41, 5.74) is 1.48. The second-order valence-electron chi connectivity index (χ2n) is 11.9. The van der Waals surface area contributed by atoms with Gasteiger partial charge in [0.15, 0.2) is 0 Å². The number of carbonyl (C=O) groups excluding carboxylic acids is 2. The Kier molecular flexibility index (Phi) is 8.94. The summed E-state index contributed by atoms with van der Waals surface area (Å²) < 4.78 is 74.0. The van der Waals surface area contributed by atoms with Crippen LogP contribution in [0.25, 0.3) is 11.1 Å². The number of amides is 1. The summed E-state index contributed by atoms with van der Waals surface area (Å²) in [6.45, 7) is 5.41. The van der Waals surface area contributed by atoms with Crippen LogP contribution in [0.2, 0.25) is 0 Å². The highest BCUT2D eigenvalue weighted by molar-refractivity contribution is 7.93. The maximum absolute atomic E-state index is 14.0. The van der Waals surface area contributed by atoms with Gasteiger partial charge >= 0.3 is 12.1 Å². The number of alkyl halides is 3. The van der Waals surface area contributed by atoms with Crippen molar-refractivity contribution < 1.29 is 35.9 Å². The molecule has 2 heterocycles. The quantitative estimate of drug-likeness (QED) is 0.231. The molecule has 0 saturated heterocycles. The van der Waals surface area contributed by atoms with Gasteiger partial charge in [0.25, 0.3) is 10.0 Å². The summed E-state index contributed by atoms with van der Waals surface area (Å²) in [4.78, 5) is 29.8. The minimum Gasteiger partial charge on any atom is -0.460 e. The van der Waals surface area contributed by atoms with Crippen LogP contribution in [0.4, 0.5) is 18.9 Å². The minimum absolute atomic E-state index is 0.00200. The Bertz CT molecular complexity index is 1850. The fourth-order valence-corrected chi connectivity index (χ4v) is 6.81. The number of sulfonamides is 1. The first-order valence-corrected chi connectivity index (χ1v) is 15.9. The summed E-state index contributed by atoms with van der Waals surface area (Å²) >= 11 is 0. The number of para-hydroxylation sites is 1. The first-order chi connectivity index (χ1) is 21.6. The predicted octanol–water partition coefficient (Wildman–Crippen LogP) is 6.09. The number of hydrogen-bond donors (Lipinski definition) is 1. The Morgan fingerprint density at radius 3 is 2.30 bits per heavy atom. The number of nitrogens with one attached hydrogen (secondary N) is 1. The number of benzene rings is 3. The van der Waals surface area contributed by atoms with E-state index in [1.165, 1.54) is 42.6 Å². The highest BCUT2D eigenvalue weighted by atomic mass is 32.2. The van der Waals surface area contributed by atoms with Gasteiger partial charge in [-0.1, -0.05) is 48.5 Å². The summed E-state index contributed by atoms with van der Waals surface area (Å²) in [5.74, 6) is -0.924. The highest BCUT2D eigenvalue weighted by Gasteiger charge is 2.42. The van der Waals surface area contributed by atoms with E-state index in [9.17, 15) is 31.2 Å². The molecule has 1 aliphatic heterocycles. The lowest BCUT2D eigenvalue weighted by atomic mass is 10.0. The van der Waals surface area contributed by atoms with Gasteiger partial charge in [-0.2, -0.15) is 13.2 Å². The van der Waals surface area contributed by atoms with E-state index in [0.717, 1.165) is 16.4 Å². The molecule has 0 bridgehead atoms. The molecule has 240 valence electrons. The van der Waals surface area contributed by atoms with Gasteiger partial charge < -0.3 is 10.1 Å². The van der Waals surface area contributed by atoms with E-state index >= 15 is 0 Å². The topological polar surface area (TPSA) is 106 Å². The van der Waals surface area contributed by atoms with Crippen LogP contribution < -0.4 is 9.62 Å². The van der Waals surface area contributed by atoms with Crippen LogP contribution in [0, 0.1) is 0 Å². The number of pyridine rings is 1. The molecule has 1 atom stereocenters. The number of esters is 1. The molecular formula is C34H32F3N3O5S. The number of nitrogens with zero attached hydrogens (tertiary/aromatic N) is 2. The van der Waals surface area contributed by atoms with E-state index in [1.807, 2.05) is 0 Å². The highest BCUT2D eigenvalue weighted by Crippen LogP contribution is 2.38. The van der Waals surface area contributed by atoms with Crippen molar-refractivity contribution in [2.24, 2.45) is 0 Å². The summed E-state index contributed by atoms with van der Waals surface area (Å²) in [5, 5.41) is 2.80. The second kappa shape index (κ2) is 12.6. The molecular weight excluding hydrogens is 619 g/mol. The normalized spacial score (nSPS) is 14.9. The zero-order chi connectivity index (χ0) is 33.3. The molecule has 8 nitrogen and oxygen atoms in total. The van der Waals surface area contributed by atoms with Crippen molar-refractivity contribution in [2.75, 3.05) is 4.31 Å². The average molecular weight is 652 g/mol. The molecule has 0 spiro atoms. The Morgan fingerprint density at radius 2 is 1.65 bits per heavy atom. The number of rotatable bonds is 8. The van der Waals surface area contributed by atoms with E-state index in [1.54, 1.807) is 57.2 Å². The molecule has 12 heteroatoms. The molecule has 0 unspecified atom stereocenters. The zero-order valence-electron chi connectivity index (χ0n) is 25.3. The molecule has 5 rings (SSSR count). The van der Waals surface area contributed by atoms with Crippen LogP contribution in [0.5, 0.6) is 0 Å². The van der Waals surface area contributed by atoms with Crippen LogP contribution >= 0.6 is 0 Å². The van der Waals surface area contributed by atoms with Gasteiger partial charge in [0.1, 0.15) is 11.6 Å². The molecule has 0 saturated carbocycles. The molecule has 3 aromatic carbocycles. The maximum Gasteiger partial charge on any atom is 0.416 e. The van der Waals surface area contributed by atoms with Crippen LogP contribution in [-0.4, -0.2) is 36.9 Å². The van der Waals surface area contributed by atoms with Crippen LogP contribution in [0.15, 0.2) is 96.0 Å². The van der Waals surface area contributed by atoms with Crippen molar-refractivity contribution in [1.82, 2.24) is 10.3 Å². The third kappa shape index (κ3) is 7.39. The number of halogens is 3. The summed E-state index contributed by atoms with van der Waals surface area (Å²) in [6.07, 6.45) is -2.84. The van der Waals surface area contributed by atoms with Crippen molar-refractivity contribution in [3.63, 3.8) is 0 Å². The van der Waals surface area contributed by atoms with Crippen molar-refractivity contribution in [1.29, 1.82) is 0 Å². The SMILES string of the molecule is CC(C)(C)OC(=O)Cc1ccc(CNC(=O)[C@@H]2Cc3ccccc3N2S(=O)(=O)c2ccc(-c3cccc(C(F)(F)F)c3)cc2)cn1. The van der Waals surface area contributed by atoms with Crippen molar-refractivity contribution in [2.45, 2.75) is 62.9 Å². The molecule has 46 heavy (non-hydrogen) atoms. The van der Waals surface area contributed by atoms with E-state index in [0.29, 0.717) is 28.1 Å². The smallest absolute Gasteiger partial charge is 0.416 e. The largest absolute Gasteiger partial charge is 0.460 e. The predicted molar refractivity (Wildman–Crippen MR) is 166 cm³/mol. The molecule has 0 fully saturated rings. The van der Waals surface area contributed by atoms with Crippen LogP contribution in [-0.2, 0) is 49.9 Å². The number of ether oxygens (including phenoxy) is 1. The second-order valence-corrected chi connectivity index (χ2v) is 13.7. The minimum atomic E-state index is -4.51. The number of aromatic nitrogens is 1. The molecule has 0 radical (unpaired) electrons. The first kappa shape index (κ1) is 32.7. The maximum atomic E-state index is 14.0. The summed E-state index contributed by atoms with van der Waals surface area (Å²) in [6, 6.07) is 19.5. The van der Waals surface area contributed by atoms with Gasteiger partial charge in [-0.05, 0) is 79.4 Å². The Labute approximate surface area is 265 Å².